The zero-order chi connectivity index (χ0) is 10.8. The van der Waals surface area contributed by atoms with Crippen molar-refractivity contribution in [1.82, 2.24) is 4.98 Å². The number of ketones is 1. The predicted molar refractivity (Wildman–Crippen MR) is 55.0 cm³/mol. The van der Waals surface area contributed by atoms with Crippen LogP contribution in [0.5, 0.6) is 0 Å². The molecule has 1 aromatic heterocycles. The van der Waals surface area contributed by atoms with E-state index < -0.39 is 11.6 Å². The van der Waals surface area contributed by atoms with E-state index in [9.17, 15) is 9.18 Å². The minimum absolute atomic E-state index is 0.0162. The van der Waals surface area contributed by atoms with Crippen molar-refractivity contribution >= 4 is 11.5 Å². The van der Waals surface area contributed by atoms with Crippen molar-refractivity contribution in [3.05, 3.63) is 53.6 Å². The van der Waals surface area contributed by atoms with E-state index in [4.69, 9.17) is 5.73 Å². The number of nitrogen functional groups attached to an aromatic ring is 1. The highest BCUT2D eigenvalue weighted by molar-refractivity contribution is 6.08. The molecule has 0 aliphatic carbocycles. The minimum atomic E-state index is -0.669. The number of halogens is 1. The molecule has 0 saturated carbocycles. The maximum atomic E-state index is 13.5. The third-order valence-corrected chi connectivity index (χ3v) is 2.12. The van der Waals surface area contributed by atoms with Crippen LogP contribution in [0.15, 0.2) is 36.5 Å². The lowest BCUT2D eigenvalue weighted by Gasteiger charge is -2.02. The van der Waals surface area contributed by atoms with E-state index in [-0.39, 0.29) is 11.3 Å². The highest BCUT2D eigenvalue weighted by Crippen LogP contribution is 2.17. The highest BCUT2D eigenvalue weighted by atomic mass is 19.1. The summed E-state index contributed by atoms with van der Waals surface area (Å²) >= 11 is 0. The van der Waals surface area contributed by atoms with Gasteiger partial charge in [0.2, 0.25) is 5.78 Å². The molecule has 2 aromatic rings. The lowest BCUT2D eigenvalue weighted by molar-refractivity contribution is 0.103. The monoisotopic (exact) mass is 204 g/mol. The Bertz CT molecular complexity index is 491. The molecule has 1 aromatic carbocycles. The molecular weight excluding hydrogens is 195 g/mol. The van der Waals surface area contributed by atoms with E-state index in [1.165, 1.54) is 12.1 Å². The van der Waals surface area contributed by atoms with E-state index in [2.05, 4.69) is 4.98 Å². The van der Waals surface area contributed by atoms with Gasteiger partial charge in [-0.05, 0) is 24.3 Å². The van der Waals surface area contributed by atoms with Crippen molar-refractivity contribution in [2.45, 2.75) is 0 Å². The normalized spacial score (nSPS) is 10.2. The second-order valence-electron chi connectivity index (χ2n) is 3.12. The van der Waals surface area contributed by atoms with Crippen LogP contribution in [0, 0.1) is 5.82 Å². The maximum Gasteiger partial charge on any atom is 0.212 e. The van der Waals surface area contributed by atoms with Crippen LogP contribution in [0.25, 0.3) is 0 Å². The van der Waals surface area contributed by atoms with Gasteiger partial charge < -0.3 is 10.7 Å². The fourth-order valence-electron chi connectivity index (χ4n) is 1.34. The van der Waals surface area contributed by atoms with Gasteiger partial charge in [-0.2, -0.15) is 0 Å². The van der Waals surface area contributed by atoms with Crippen LogP contribution in [-0.2, 0) is 0 Å². The molecule has 0 spiro atoms. The van der Waals surface area contributed by atoms with Gasteiger partial charge in [0, 0.05) is 6.20 Å². The number of benzene rings is 1. The number of carbonyl (C=O) groups excluding carboxylic acids is 1. The molecule has 2 rings (SSSR count). The first-order valence-electron chi connectivity index (χ1n) is 4.42. The largest absolute Gasteiger partial charge is 0.396 e. The van der Waals surface area contributed by atoms with E-state index >= 15 is 0 Å². The minimum Gasteiger partial charge on any atom is -0.396 e. The summed E-state index contributed by atoms with van der Waals surface area (Å²) in [6.07, 6.45) is 1.61. The van der Waals surface area contributed by atoms with Gasteiger partial charge in [-0.25, -0.2) is 4.39 Å². The van der Waals surface area contributed by atoms with Crippen LogP contribution in [0.3, 0.4) is 0 Å². The number of nitrogens with two attached hydrogens (primary N) is 1. The first kappa shape index (κ1) is 9.45. The van der Waals surface area contributed by atoms with Crippen LogP contribution in [0.2, 0.25) is 0 Å². The molecule has 0 aliphatic heterocycles. The van der Waals surface area contributed by atoms with Crippen LogP contribution >= 0.6 is 0 Å². The molecule has 15 heavy (non-hydrogen) atoms. The van der Waals surface area contributed by atoms with Crippen molar-refractivity contribution in [3.63, 3.8) is 0 Å². The summed E-state index contributed by atoms with van der Waals surface area (Å²) in [7, 11) is 0. The SMILES string of the molecule is Nc1cccc(C(=O)c2ccc[nH]2)c1F. The third-order valence-electron chi connectivity index (χ3n) is 2.12. The summed E-state index contributed by atoms with van der Waals surface area (Å²) in [5.74, 6) is -1.07. The van der Waals surface area contributed by atoms with Gasteiger partial charge >= 0.3 is 0 Å². The van der Waals surface area contributed by atoms with Crippen molar-refractivity contribution in [3.8, 4) is 0 Å². The zero-order valence-electron chi connectivity index (χ0n) is 7.83. The number of hydrogen-bond acceptors (Lipinski definition) is 2. The molecule has 1 heterocycles. The fraction of sp³-hybridized carbons (Fsp3) is 0. The number of nitrogens with one attached hydrogen (secondary N) is 1. The first-order valence-corrected chi connectivity index (χ1v) is 4.42. The van der Waals surface area contributed by atoms with Gasteiger partial charge in [-0.1, -0.05) is 6.07 Å². The lowest BCUT2D eigenvalue weighted by atomic mass is 10.1. The average Bonchev–Trinajstić information content (AvgIpc) is 2.74. The molecule has 0 aliphatic rings. The Morgan fingerprint density at radius 3 is 2.73 bits per heavy atom. The van der Waals surface area contributed by atoms with Crippen molar-refractivity contribution < 1.29 is 9.18 Å². The average molecular weight is 204 g/mol. The molecule has 76 valence electrons. The number of carbonyl (C=O) groups is 1. The lowest BCUT2D eigenvalue weighted by Crippen LogP contribution is -2.06. The van der Waals surface area contributed by atoms with E-state index in [1.54, 1.807) is 24.4 Å². The number of hydrogen-bond donors (Lipinski definition) is 2. The Morgan fingerprint density at radius 2 is 2.07 bits per heavy atom. The number of aromatic nitrogens is 1. The summed E-state index contributed by atoms with van der Waals surface area (Å²) in [4.78, 5) is 14.5. The van der Waals surface area contributed by atoms with Gasteiger partial charge in [-0.3, -0.25) is 4.79 Å². The molecule has 0 bridgehead atoms. The van der Waals surface area contributed by atoms with Crippen molar-refractivity contribution in [2.24, 2.45) is 0 Å². The van der Waals surface area contributed by atoms with Crippen molar-refractivity contribution in [1.29, 1.82) is 0 Å². The highest BCUT2D eigenvalue weighted by Gasteiger charge is 2.15. The Balaban J connectivity index is 2.47. The third kappa shape index (κ3) is 1.61. The molecule has 0 atom stereocenters. The Morgan fingerprint density at radius 1 is 1.27 bits per heavy atom. The van der Waals surface area contributed by atoms with Crippen LogP contribution < -0.4 is 5.73 Å². The summed E-state index contributed by atoms with van der Waals surface area (Å²) in [5, 5.41) is 0. The predicted octanol–water partition coefficient (Wildman–Crippen LogP) is 1.97. The summed E-state index contributed by atoms with van der Waals surface area (Å²) in [6.45, 7) is 0. The van der Waals surface area contributed by atoms with E-state index in [0.717, 1.165) is 0 Å². The Kier molecular flexibility index (Phi) is 2.25. The molecular formula is C11H9FN2O. The quantitative estimate of drug-likeness (QED) is 0.580. The molecule has 3 N–H and O–H groups in total. The number of anilines is 1. The maximum absolute atomic E-state index is 13.5. The molecule has 0 radical (unpaired) electrons. The van der Waals surface area contributed by atoms with Gasteiger partial charge in [0.1, 0.15) is 0 Å². The summed E-state index contributed by atoms with van der Waals surface area (Å²) in [5.41, 5.74) is 5.68. The van der Waals surface area contributed by atoms with E-state index in [1.807, 2.05) is 0 Å². The first-order chi connectivity index (χ1) is 7.20. The fourth-order valence-corrected chi connectivity index (χ4v) is 1.34. The Labute approximate surface area is 85.7 Å². The number of aromatic amines is 1. The van der Waals surface area contributed by atoms with Crippen LogP contribution in [0.1, 0.15) is 16.1 Å². The van der Waals surface area contributed by atoms with Crippen LogP contribution in [0.4, 0.5) is 10.1 Å². The number of rotatable bonds is 2. The molecule has 0 saturated heterocycles. The van der Waals surface area contributed by atoms with Gasteiger partial charge in [0.25, 0.3) is 0 Å². The zero-order valence-corrected chi connectivity index (χ0v) is 7.83. The molecule has 0 fully saturated rings. The van der Waals surface area contributed by atoms with Gasteiger partial charge in [0.05, 0.1) is 16.9 Å². The molecule has 4 heteroatoms. The van der Waals surface area contributed by atoms with E-state index in [0.29, 0.717) is 5.69 Å². The number of H-pyrrole nitrogens is 1. The standard InChI is InChI=1S/C11H9FN2O/c12-10-7(3-1-4-8(10)13)11(15)9-5-2-6-14-9/h1-6,14H,13H2. The topological polar surface area (TPSA) is 58.9 Å². The second-order valence-corrected chi connectivity index (χ2v) is 3.12. The molecule has 0 unspecified atom stereocenters. The molecule has 3 nitrogen and oxygen atoms in total. The van der Waals surface area contributed by atoms with Gasteiger partial charge in [-0.15, -0.1) is 0 Å². The smallest absolute Gasteiger partial charge is 0.212 e. The van der Waals surface area contributed by atoms with Gasteiger partial charge in [0.15, 0.2) is 5.82 Å². The Hall–Kier alpha value is -2.10. The summed E-state index contributed by atoms with van der Waals surface area (Å²) < 4.78 is 13.5. The second kappa shape index (κ2) is 3.57. The molecule has 0 amide bonds. The summed E-state index contributed by atoms with van der Waals surface area (Å²) in [6, 6.07) is 7.65. The van der Waals surface area contributed by atoms with Crippen LogP contribution in [-0.4, -0.2) is 10.8 Å². The van der Waals surface area contributed by atoms with Crippen molar-refractivity contribution in [2.75, 3.05) is 5.73 Å².